The number of para-hydroxylation sites is 2. The summed E-state index contributed by atoms with van der Waals surface area (Å²) in [4.78, 5) is 26.3. The molecule has 0 aliphatic rings. The molecule has 30 heavy (non-hydrogen) atoms. The van der Waals surface area contributed by atoms with Crippen molar-refractivity contribution < 1.29 is 23.6 Å². The summed E-state index contributed by atoms with van der Waals surface area (Å²) < 4.78 is 16.2. The lowest BCUT2D eigenvalue weighted by Gasteiger charge is -2.18. The number of rotatable bonds is 9. The maximum Gasteiger partial charge on any atom is 0.257 e. The van der Waals surface area contributed by atoms with E-state index in [1.807, 2.05) is 30.3 Å². The number of amides is 2. The van der Waals surface area contributed by atoms with Gasteiger partial charge < -0.3 is 24.2 Å². The molecule has 0 saturated carbocycles. The summed E-state index contributed by atoms with van der Waals surface area (Å²) in [6, 6.07) is 17.9. The number of carbonyl (C=O) groups is 2. The van der Waals surface area contributed by atoms with Gasteiger partial charge in [-0.1, -0.05) is 35.5 Å². The normalized spacial score (nSPS) is 10.3. The molecular weight excluding hydrogens is 386 g/mol. The number of likely N-dealkylation sites (N-methyl/N-ethyl adjacent to an activating group) is 1. The van der Waals surface area contributed by atoms with Crippen LogP contribution in [0, 0.1) is 6.92 Å². The van der Waals surface area contributed by atoms with E-state index >= 15 is 0 Å². The minimum absolute atomic E-state index is 0.143. The van der Waals surface area contributed by atoms with Crippen molar-refractivity contribution in [2.45, 2.75) is 6.92 Å². The summed E-state index contributed by atoms with van der Waals surface area (Å²) in [7, 11) is 1.55. The van der Waals surface area contributed by atoms with Crippen LogP contribution < -0.4 is 14.8 Å². The van der Waals surface area contributed by atoms with Crippen LogP contribution in [0.25, 0.3) is 0 Å². The predicted octanol–water partition coefficient (Wildman–Crippen LogP) is 3.15. The molecule has 1 N–H and O–H groups in total. The van der Waals surface area contributed by atoms with Gasteiger partial charge in [-0.25, -0.2) is 0 Å². The van der Waals surface area contributed by atoms with E-state index < -0.39 is 0 Å². The minimum Gasteiger partial charge on any atom is -0.490 e. The molecule has 2 aromatic carbocycles. The Labute approximate surface area is 174 Å². The van der Waals surface area contributed by atoms with Gasteiger partial charge in [0, 0.05) is 13.1 Å². The van der Waals surface area contributed by atoms with Gasteiger partial charge in [0.25, 0.3) is 5.91 Å². The Morgan fingerprint density at radius 3 is 2.47 bits per heavy atom. The van der Waals surface area contributed by atoms with Crippen LogP contribution in [-0.2, 0) is 4.79 Å². The van der Waals surface area contributed by atoms with Crippen molar-refractivity contribution in [3.05, 3.63) is 72.0 Å². The van der Waals surface area contributed by atoms with Gasteiger partial charge in [0.05, 0.1) is 12.1 Å². The molecule has 8 heteroatoms. The third-order valence-electron chi connectivity index (χ3n) is 4.09. The fraction of sp³-hybridized carbons (Fsp3) is 0.227. The molecule has 1 aromatic heterocycles. The zero-order valence-electron chi connectivity index (χ0n) is 16.8. The summed E-state index contributed by atoms with van der Waals surface area (Å²) in [5.74, 6) is 1.35. The summed E-state index contributed by atoms with van der Waals surface area (Å²) >= 11 is 0. The maximum atomic E-state index is 12.8. The van der Waals surface area contributed by atoms with Gasteiger partial charge in [-0.2, -0.15) is 0 Å². The van der Waals surface area contributed by atoms with E-state index in [1.54, 1.807) is 44.3 Å². The number of ether oxygens (including phenoxy) is 2. The first-order chi connectivity index (χ1) is 14.5. The topological polar surface area (TPSA) is 93.9 Å². The predicted molar refractivity (Wildman–Crippen MR) is 111 cm³/mol. The van der Waals surface area contributed by atoms with Crippen molar-refractivity contribution in [2.24, 2.45) is 0 Å². The van der Waals surface area contributed by atoms with E-state index in [0.29, 0.717) is 29.5 Å². The Balaban J connectivity index is 1.54. The number of aryl methyl sites for hydroxylation is 1. The lowest BCUT2D eigenvalue weighted by molar-refractivity contribution is -0.116. The largest absolute Gasteiger partial charge is 0.490 e. The number of nitrogens with zero attached hydrogens (tertiary/aromatic N) is 2. The van der Waals surface area contributed by atoms with Gasteiger partial charge in [-0.15, -0.1) is 0 Å². The Hall–Kier alpha value is -3.81. The molecule has 0 aliphatic heterocycles. The third-order valence-corrected chi connectivity index (χ3v) is 4.09. The molecule has 0 unspecified atom stereocenters. The summed E-state index contributed by atoms with van der Waals surface area (Å²) in [6.45, 7) is 2.19. The molecule has 1 heterocycles. The van der Waals surface area contributed by atoms with Crippen LogP contribution >= 0.6 is 0 Å². The van der Waals surface area contributed by atoms with Crippen molar-refractivity contribution in [1.82, 2.24) is 10.1 Å². The molecule has 0 spiro atoms. The molecular formula is C22H23N3O5. The first-order valence-corrected chi connectivity index (χ1v) is 9.41. The highest BCUT2D eigenvalue weighted by Crippen LogP contribution is 2.20. The first-order valence-electron chi connectivity index (χ1n) is 9.41. The number of benzene rings is 2. The number of nitrogens with one attached hydrogen (secondary N) is 1. The average molecular weight is 409 g/mol. The molecule has 0 fully saturated rings. The van der Waals surface area contributed by atoms with E-state index in [0.717, 1.165) is 5.75 Å². The molecule has 0 saturated heterocycles. The highest BCUT2D eigenvalue weighted by molar-refractivity contribution is 6.00. The van der Waals surface area contributed by atoms with E-state index in [9.17, 15) is 9.59 Å². The monoisotopic (exact) mass is 409 g/mol. The molecule has 156 valence electrons. The van der Waals surface area contributed by atoms with Crippen LogP contribution in [0.3, 0.4) is 0 Å². The minimum atomic E-state index is -0.381. The second-order valence-electron chi connectivity index (χ2n) is 6.54. The molecule has 0 bridgehead atoms. The summed E-state index contributed by atoms with van der Waals surface area (Å²) in [5, 5.41) is 6.29. The summed E-state index contributed by atoms with van der Waals surface area (Å²) in [6.07, 6.45) is 0. The standard InChI is InChI=1S/C22H23N3O5/c1-16-14-20(24-30-16)23-21(26)15-25(2)22(27)18-10-6-7-11-19(18)29-13-12-28-17-8-4-3-5-9-17/h3-11,14H,12-13,15H2,1-2H3,(H,23,24,26). The van der Waals surface area contributed by atoms with Gasteiger partial charge >= 0.3 is 0 Å². The molecule has 0 aliphatic carbocycles. The molecule has 2 amide bonds. The van der Waals surface area contributed by atoms with Gasteiger partial charge in [0.1, 0.15) is 30.5 Å². The van der Waals surface area contributed by atoms with E-state index in [4.69, 9.17) is 14.0 Å². The lowest BCUT2D eigenvalue weighted by Crippen LogP contribution is -2.35. The van der Waals surface area contributed by atoms with Crippen LogP contribution in [0.15, 0.2) is 65.2 Å². The van der Waals surface area contributed by atoms with E-state index in [2.05, 4.69) is 10.5 Å². The zero-order chi connectivity index (χ0) is 21.3. The quantitative estimate of drug-likeness (QED) is 0.546. The Morgan fingerprint density at radius 1 is 1.03 bits per heavy atom. The third kappa shape index (κ3) is 5.84. The lowest BCUT2D eigenvalue weighted by atomic mass is 10.1. The molecule has 8 nitrogen and oxygen atoms in total. The zero-order valence-corrected chi connectivity index (χ0v) is 16.8. The van der Waals surface area contributed by atoms with Crippen molar-refractivity contribution in [1.29, 1.82) is 0 Å². The Morgan fingerprint density at radius 2 is 1.73 bits per heavy atom. The Kier molecular flexibility index (Phi) is 7.05. The second-order valence-corrected chi connectivity index (χ2v) is 6.54. The summed E-state index contributed by atoms with van der Waals surface area (Å²) in [5.41, 5.74) is 0.366. The van der Waals surface area contributed by atoms with Crippen LogP contribution in [0.2, 0.25) is 0 Å². The second kappa shape index (κ2) is 10.1. The number of hydrogen-bond donors (Lipinski definition) is 1. The Bertz CT molecular complexity index is 987. The SMILES string of the molecule is Cc1cc(NC(=O)CN(C)C(=O)c2ccccc2OCCOc2ccccc2)no1. The first kappa shape index (κ1) is 20.9. The molecule has 0 atom stereocenters. The van der Waals surface area contributed by atoms with Crippen LogP contribution in [0.4, 0.5) is 5.82 Å². The van der Waals surface area contributed by atoms with Gasteiger partial charge in [-0.3, -0.25) is 9.59 Å². The maximum absolute atomic E-state index is 12.8. The van der Waals surface area contributed by atoms with Crippen LogP contribution in [-0.4, -0.2) is 48.7 Å². The number of hydrogen-bond acceptors (Lipinski definition) is 6. The molecule has 3 rings (SSSR count). The van der Waals surface area contributed by atoms with Crippen LogP contribution in [0.5, 0.6) is 11.5 Å². The highest BCUT2D eigenvalue weighted by Gasteiger charge is 2.19. The highest BCUT2D eigenvalue weighted by atomic mass is 16.5. The van der Waals surface area contributed by atoms with Crippen molar-refractivity contribution >= 4 is 17.6 Å². The van der Waals surface area contributed by atoms with Crippen molar-refractivity contribution in [3.63, 3.8) is 0 Å². The smallest absolute Gasteiger partial charge is 0.257 e. The van der Waals surface area contributed by atoms with Crippen molar-refractivity contribution in [3.8, 4) is 11.5 Å². The fourth-order valence-electron chi connectivity index (χ4n) is 2.70. The van der Waals surface area contributed by atoms with Gasteiger partial charge in [0.15, 0.2) is 5.82 Å². The van der Waals surface area contributed by atoms with Crippen LogP contribution in [0.1, 0.15) is 16.1 Å². The number of aromatic nitrogens is 1. The van der Waals surface area contributed by atoms with Crippen molar-refractivity contribution in [2.75, 3.05) is 32.1 Å². The molecule has 0 radical (unpaired) electrons. The molecule has 3 aromatic rings. The fourth-order valence-corrected chi connectivity index (χ4v) is 2.70. The van der Waals surface area contributed by atoms with Gasteiger partial charge in [0.2, 0.25) is 5.91 Å². The van der Waals surface area contributed by atoms with E-state index in [1.165, 1.54) is 4.90 Å². The van der Waals surface area contributed by atoms with E-state index in [-0.39, 0.29) is 25.0 Å². The van der Waals surface area contributed by atoms with Gasteiger partial charge in [-0.05, 0) is 31.2 Å². The number of anilines is 1. The number of carbonyl (C=O) groups excluding carboxylic acids is 2. The average Bonchev–Trinajstić information content (AvgIpc) is 3.16.